The van der Waals surface area contributed by atoms with Crippen LogP contribution in [-0.2, 0) is 6.54 Å². The molecule has 1 heterocycles. The van der Waals surface area contributed by atoms with Crippen molar-refractivity contribution in [3.8, 4) is 0 Å². The molecular weight excluding hydrogens is 389 g/mol. The molecule has 1 aromatic heterocycles. The molecule has 22 heavy (non-hydrogen) atoms. The SMILES string of the molecule is CN=C(NCCCC1CCCC1)NCCn1cc(C)cn1.I. The van der Waals surface area contributed by atoms with Crippen LogP contribution < -0.4 is 10.6 Å². The van der Waals surface area contributed by atoms with Crippen LogP contribution in [0.1, 0.15) is 44.1 Å². The minimum Gasteiger partial charge on any atom is -0.356 e. The predicted octanol–water partition coefficient (Wildman–Crippen LogP) is 2.94. The number of aliphatic imine (C=N–C) groups is 1. The predicted molar refractivity (Wildman–Crippen MR) is 103 cm³/mol. The molecule has 1 aliphatic carbocycles. The van der Waals surface area contributed by atoms with Gasteiger partial charge in [-0.25, -0.2) is 0 Å². The van der Waals surface area contributed by atoms with E-state index in [4.69, 9.17) is 0 Å². The van der Waals surface area contributed by atoms with Gasteiger partial charge in [0.15, 0.2) is 5.96 Å². The maximum atomic E-state index is 4.27. The normalized spacial score (nSPS) is 15.6. The van der Waals surface area contributed by atoms with E-state index in [2.05, 4.69) is 33.8 Å². The van der Waals surface area contributed by atoms with Crippen LogP contribution in [0.4, 0.5) is 0 Å². The lowest BCUT2D eigenvalue weighted by molar-refractivity contribution is 0.481. The summed E-state index contributed by atoms with van der Waals surface area (Å²) in [5.74, 6) is 1.87. The third-order valence-corrected chi connectivity index (χ3v) is 4.18. The first kappa shape index (κ1) is 19.3. The number of rotatable bonds is 7. The van der Waals surface area contributed by atoms with E-state index in [0.29, 0.717) is 0 Å². The molecule has 0 atom stereocenters. The lowest BCUT2D eigenvalue weighted by atomic mass is 10.0. The molecule has 126 valence electrons. The van der Waals surface area contributed by atoms with Gasteiger partial charge in [-0.05, 0) is 31.2 Å². The highest BCUT2D eigenvalue weighted by Crippen LogP contribution is 2.28. The smallest absolute Gasteiger partial charge is 0.191 e. The van der Waals surface area contributed by atoms with Gasteiger partial charge in [0.25, 0.3) is 0 Å². The van der Waals surface area contributed by atoms with Gasteiger partial charge in [-0.2, -0.15) is 5.10 Å². The molecule has 0 aliphatic heterocycles. The number of aromatic nitrogens is 2. The van der Waals surface area contributed by atoms with Gasteiger partial charge in [0.2, 0.25) is 0 Å². The molecular formula is C16H30IN5. The van der Waals surface area contributed by atoms with Gasteiger partial charge in [0.05, 0.1) is 12.7 Å². The lowest BCUT2D eigenvalue weighted by Gasteiger charge is -2.13. The molecule has 0 unspecified atom stereocenters. The number of nitrogens with zero attached hydrogens (tertiary/aromatic N) is 3. The van der Waals surface area contributed by atoms with Crippen LogP contribution >= 0.6 is 24.0 Å². The molecule has 1 aromatic rings. The zero-order valence-corrected chi connectivity index (χ0v) is 16.2. The van der Waals surface area contributed by atoms with Crippen LogP contribution in [0.25, 0.3) is 0 Å². The Labute approximate surface area is 151 Å². The number of aryl methyl sites for hydroxylation is 1. The van der Waals surface area contributed by atoms with Gasteiger partial charge in [-0.15, -0.1) is 24.0 Å². The number of halogens is 1. The average molecular weight is 419 g/mol. The highest BCUT2D eigenvalue weighted by molar-refractivity contribution is 14.0. The van der Waals surface area contributed by atoms with Crippen molar-refractivity contribution in [3.05, 3.63) is 18.0 Å². The van der Waals surface area contributed by atoms with E-state index in [1.54, 1.807) is 0 Å². The van der Waals surface area contributed by atoms with Crippen LogP contribution in [0.3, 0.4) is 0 Å². The van der Waals surface area contributed by atoms with Gasteiger partial charge in [-0.3, -0.25) is 9.67 Å². The topological polar surface area (TPSA) is 54.2 Å². The van der Waals surface area contributed by atoms with E-state index in [1.165, 1.54) is 44.1 Å². The zero-order chi connectivity index (χ0) is 14.9. The minimum atomic E-state index is 0. The van der Waals surface area contributed by atoms with E-state index in [0.717, 1.165) is 31.5 Å². The number of nitrogens with one attached hydrogen (secondary N) is 2. The van der Waals surface area contributed by atoms with Crippen molar-refractivity contribution in [3.63, 3.8) is 0 Å². The quantitative estimate of drug-likeness (QED) is 0.309. The summed E-state index contributed by atoms with van der Waals surface area (Å²) in [5, 5.41) is 11.0. The van der Waals surface area contributed by atoms with Gasteiger partial charge in [0.1, 0.15) is 0 Å². The monoisotopic (exact) mass is 419 g/mol. The molecule has 0 spiro atoms. The second-order valence-electron chi connectivity index (χ2n) is 6.00. The maximum Gasteiger partial charge on any atom is 0.191 e. The van der Waals surface area contributed by atoms with Crippen molar-refractivity contribution >= 4 is 29.9 Å². The first-order valence-electron chi connectivity index (χ1n) is 8.21. The summed E-state index contributed by atoms with van der Waals surface area (Å²) in [6.45, 7) is 4.76. The molecule has 0 amide bonds. The molecule has 6 heteroatoms. The Bertz CT molecular complexity index is 437. The van der Waals surface area contributed by atoms with Crippen LogP contribution in [0.2, 0.25) is 0 Å². The van der Waals surface area contributed by atoms with Crippen LogP contribution in [0, 0.1) is 12.8 Å². The number of hydrogen-bond donors (Lipinski definition) is 2. The molecule has 1 saturated carbocycles. The first-order valence-corrected chi connectivity index (χ1v) is 8.21. The third kappa shape index (κ3) is 6.98. The Hall–Kier alpha value is -0.790. The van der Waals surface area contributed by atoms with Gasteiger partial charge < -0.3 is 10.6 Å². The van der Waals surface area contributed by atoms with Crippen molar-refractivity contribution in [1.82, 2.24) is 20.4 Å². The van der Waals surface area contributed by atoms with Crippen molar-refractivity contribution in [2.75, 3.05) is 20.1 Å². The molecule has 2 N–H and O–H groups in total. The molecule has 0 bridgehead atoms. The molecule has 2 rings (SSSR count). The second-order valence-corrected chi connectivity index (χ2v) is 6.00. The fourth-order valence-electron chi connectivity index (χ4n) is 3.00. The summed E-state index contributed by atoms with van der Waals surface area (Å²) in [4.78, 5) is 4.26. The Kier molecular flexibility index (Phi) is 9.50. The van der Waals surface area contributed by atoms with E-state index in [9.17, 15) is 0 Å². The Morgan fingerprint density at radius 2 is 2.05 bits per heavy atom. The lowest BCUT2D eigenvalue weighted by Crippen LogP contribution is -2.39. The average Bonchev–Trinajstić information content (AvgIpc) is 3.13. The standard InChI is InChI=1S/C16H29N5.HI/c1-14-12-20-21(13-14)11-10-19-16(17-2)18-9-5-8-15-6-3-4-7-15;/h12-13,15H,3-11H2,1-2H3,(H2,17,18,19);1H. The van der Waals surface area contributed by atoms with Gasteiger partial charge in [-0.1, -0.05) is 25.7 Å². The largest absolute Gasteiger partial charge is 0.356 e. The first-order chi connectivity index (χ1) is 10.3. The Balaban J connectivity index is 0.00000242. The van der Waals surface area contributed by atoms with Crippen molar-refractivity contribution in [2.45, 2.75) is 52.0 Å². The summed E-state index contributed by atoms with van der Waals surface area (Å²) < 4.78 is 1.95. The fourth-order valence-corrected chi connectivity index (χ4v) is 3.00. The van der Waals surface area contributed by atoms with Crippen molar-refractivity contribution in [2.24, 2.45) is 10.9 Å². The summed E-state index contributed by atoms with van der Waals surface area (Å²) in [5.41, 5.74) is 1.20. The van der Waals surface area contributed by atoms with Crippen LogP contribution in [-0.4, -0.2) is 35.9 Å². The zero-order valence-electron chi connectivity index (χ0n) is 13.8. The molecule has 0 saturated heterocycles. The second kappa shape index (κ2) is 10.9. The van der Waals surface area contributed by atoms with Crippen LogP contribution in [0.15, 0.2) is 17.4 Å². The molecule has 0 radical (unpaired) electrons. The molecule has 5 nitrogen and oxygen atoms in total. The molecule has 1 aliphatic rings. The number of guanidine groups is 1. The minimum absolute atomic E-state index is 0. The highest BCUT2D eigenvalue weighted by atomic mass is 127. The summed E-state index contributed by atoms with van der Waals surface area (Å²) in [6, 6.07) is 0. The Morgan fingerprint density at radius 1 is 1.32 bits per heavy atom. The van der Waals surface area contributed by atoms with Crippen molar-refractivity contribution < 1.29 is 0 Å². The molecule has 1 fully saturated rings. The fraction of sp³-hybridized carbons (Fsp3) is 0.750. The van der Waals surface area contributed by atoms with Gasteiger partial charge >= 0.3 is 0 Å². The van der Waals surface area contributed by atoms with Crippen LogP contribution in [0.5, 0.6) is 0 Å². The maximum absolute atomic E-state index is 4.27. The summed E-state index contributed by atoms with van der Waals surface area (Å²) in [7, 11) is 1.82. The van der Waals surface area contributed by atoms with E-state index in [-0.39, 0.29) is 24.0 Å². The number of hydrogen-bond acceptors (Lipinski definition) is 2. The van der Waals surface area contributed by atoms with Gasteiger partial charge in [0, 0.05) is 26.3 Å². The van der Waals surface area contributed by atoms with E-state index < -0.39 is 0 Å². The summed E-state index contributed by atoms with van der Waals surface area (Å²) in [6.07, 6.45) is 12.3. The third-order valence-electron chi connectivity index (χ3n) is 4.18. The van der Waals surface area contributed by atoms with Crippen molar-refractivity contribution in [1.29, 1.82) is 0 Å². The highest BCUT2D eigenvalue weighted by Gasteiger charge is 2.13. The van der Waals surface area contributed by atoms with E-state index in [1.807, 2.05) is 17.9 Å². The Morgan fingerprint density at radius 3 is 2.68 bits per heavy atom. The summed E-state index contributed by atoms with van der Waals surface area (Å²) >= 11 is 0. The molecule has 0 aromatic carbocycles. The van der Waals surface area contributed by atoms with E-state index >= 15 is 0 Å².